The summed E-state index contributed by atoms with van der Waals surface area (Å²) in [6, 6.07) is 4.63. The predicted molar refractivity (Wildman–Crippen MR) is 92.3 cm³/mol. The van der Waals surface area contributed by atoms with Gasteiger partial charge in [-0.15, -0.1) is 11.3 Å². The summed E-state index contributed by atoms with van der Waals surface area (Å²) < 4.78 is 0. The Hall–Kier alpha value is -1.36. The molecule has 2 fully saturated rings. The summed E-state index contributed by atoms with van der Waals surface area (Å²) in [5.74, 6) is 0.700. The quantitative estimate of drug-likeness (QED) is 0.833. The standard InChI is InChI=1S/C18H26N2O2S/c21-17(9-3-7-16-8-4-10-23-16)19-12-14-11-18(22)20(13-14)15-5-1-2-6-15/h4,8,10,14-15H,1-3,5-7,9,11-13H2,(H,19,21). The molecule has 1 unspecified atom stereocenters. The zero-order chi connectivity index (χ0) is 16.1. The van der Waals surface area contributed by atoms with Crippen molar-refractivity contribution in [3.05, 3.63) is 22.4 Å². The molecule has 5 heteroatoms. The second-order valence-electron chi connectivity index (χ2n) is 6.79. The Morgan fingerprint density at radius 2 is 2.17 bits per heavy atom. The van der Waals surface area contributed by atoms with Crippen LogP contribution in [0.25, 0.3) is 0 Å². The second-order valence-corrected chi connectivity index (χ2v) is 7.82. The predicted octanol–water partition coefficient (Wildman–Crippen LogP) is 2.98. The summed E-state index contributed by atoms with van der Waals surface area (Å²) >= 11 is 1.75. The zero-order valence-corrected chi connectivity index (χ0v) is 14.4. The van der Waals surface area contributed by atoms with Crippen molar-refractivity contribution in [3.63, 3.8) is 0 Å². The van der Waals surface area contributed by atoms with Crippen molar-refractivity contribution in [3.8, 4) is 0 Å². The molecule has 1 aromatic rings. The molecule has 1 saturated heterocycles. The third kappa shape index (κ3) is 4.56. The topological polar surface area (TPSA) is 49.4 Å². The van der Waals surface area contributed by atoms with Crippen molar-refractivity contribution in [2.75, 3.05) is 13.1 Å². The van der Waals surface area contributed by atoms with Gasteiger partial charge in [-0.2, -0.15) is 0 Å². The highest BCUT2D eigenvalue weighted by molar-refractivity contribution is 7.09. The number of thiophene rings is 1. The highest BCUT2D eigenvalue weighted by Crippen LogP contribution is 2.29. The molecule has 0 spiro atoms. The zero-order valence-electron chi connectivity index (χ0n) is 13.6. The summed E-state index contributed by atoms with van der Waals surface area (Å²) in [6.45, 7) is 1.48. The van der Waals surface area contributed by atoms with E-state index in [1.54, 1.807) is 11.3 Å². The van der Waals surface area contributed by atoms with Gasteiger partial charge >= 0.3 is 0 Å². The lowest BCUT2D eigenvalue weighted by molar-refractivity contribution is -0.129. The number of nitrogens with zero attached hydrogens (tertiary/aromatic N) is 1. The van der Waals surface area contributed by atoms with E-state index in [2.05, 4.69) is 21.7 Å². The first-order chi connectivity index (χ1) is 11.2. The highest BCUT2D eigenvalue weighted by Gasteiger charge is 2.35. The molecule has 1 atom stereocenters. The van der Waals surface area contributed by atoms with Crippen molar-refractivity contribution >= 4 is 23.2 Å². The van der Waals surface area contributed by atoms with Crippen LogP contribution in [0.1, 0.15) is 49.8 Å². The second kappa shape index (κ2) is 7.95. The fraction of sp³-hybridized carbons (Fsp3) is 0.667. The first-order valence-electron chi connectivity index (χ1n) is 8.81. The van der Waals surface area contributed by atoms with Crippen LogP contribution in [0.2, 0.25) is 0 Å². The Balaban J connectivity index is 1.33. The maximum Gasteiger partial charge on any atom is 0.223 e. The van der Waals surface area contributed by atoms with E-state index in [1.807, 2.05) is 6.07 Å². The highest BCUT2D eigenvalue weighted by atomic mass is 32.1. The van der Waals surface area contributed by atoms with E-state index in [1.165, 1.54) is 17.7 Å². The van der Waals surface area contributed by atoms with Crippen LogP contribution in [0.4, 0.5) is 0 Å². The number of rotatable bonds is 7. The normalized spacial score (nSPS) is 22.0. The van der Waals surface area contributed by atoms with Crippen molar-refractivity contribution in [2.24, 2.45) is 5.92 Å². The van der Waals surface area contributed by atoms with Crippen LogP contribution in [0.5, 0.6) is 0 Å². The third-order valence-electron chi connectivity index (χ3n) is 5.00. The van der Waals surface area contributed by atoms with Crippen LogP contribution in [0, 0.1) is 5.92 Å². The number of nitrogens with one attached hydrogen (secondary N) is 1. The molecule has 23 heavy (non-hydrogen) atoms. The fourth-order valence-corrected chi connectivity index (χ4v) is 4.49. The fourth-order valence-electron chi connectivity index (χ4n) is 3.74. The van der Waals surface area contributed by atoms with Gasteiger partial charge in [0, 0.05) is 42.8 Å². The van der Waals surface area contributed by atoms with Crippen molar-refractivity contribution in [1.29, 1.82) is 0 Å². The number of hydrogen-bond donors (Lipinski definition) is 1. The molecule has 2 heterocycles. The Morgan fingerprint density at radius 1 is 1.35 bits per heavy atom. The Kier molecular flexibility index (Phi) is 5.70. The molecule has 3 rings (SSSR count). The van der Waals surface area contributed by atoms with E-state index in [-0.39, 0.29) is 11.8 Å². The Labute approximate surface area is 142 Å². The molecule has 2 amide bonds. The lowest BCUT2D eigenvalue weighted by atomic mass is 10.1. The first kappa shape index (κ1) is 16.5. The monoisotopic (exact) mass is 334 g/mol. The molecule has 1 aliphatic heterocycles. The molecule has 1 N–H and O–H groups in total. The van der Waals surface area contributed by atoms with Crippen LogP contribution in [-0.4, -0.2) is 35.8 Å². The van der Waals surface area contributed by atoms with Gasteiger partial charge in [0.2, 0.25) is 11.8 Å². The molecule has 0 aromatic carbocycles. The van der Waals surface area contributed by atoms with Gasteiger partial charge in [0.1, 0.15) is 0 Å². The SMILES string of the molecule is O=C(CCCc1cccs1)NCC1CC(=O)N(C2CCCC2)C1. The maximum absolute atomic E-state index is 12.1. The molecule has 1 saturated carbocycles. The van der Waals surface area contributed by atoms with Gasteiger partial charge < -0.3 is 10.2 Å². The van der Waals surface area contributed by atoms with Crippen LogP contribution in [-0.2, 0) is 16.0 Å². The minimum absolute atomic E-state index is 0.119. The largest absolute Gasteiger partial charge is 0.356 e. The van der Waals surface area contributed by atoms with Crippen LogP contribution in [0.15, 0.2) is 17.5 Å². The molecule has 0 radical (unpaired) electrons. The average Bonchev–Trinajstić information content (AvgIpc) is 3.26. The summed E-state index contributed by atoms with van der Waals surface area (Å²) in [6.07, 6.45) is 7.87. The average molecular weight is 334 g/mol. The molecule has 0 bridgehead atoms. The number of hydrogen-bond acceptors (Lipinski definition) is 3. The van der Waals surface area contributed by atoms with Gasteiger partial charge in [-0.05, 0) is 37.1 Å². The number of aryl methyl sites for hydroxylation is 1. The van der Waals surface area contributed by atoms with E-state index in [0.29, 0.717) is 31.3 Å². The number of carbonyl (C=O) groups excluding carboxylic acids is 2. The van der Waals surface area contributed by atoms with Crippen LogP contribution < -0.4 is 5.32 Å². The van der Waals surface area contributed by atoms with E-state index in [0.717, 1.165) is 32.2 Å². The number of carbonyl (C=O) groups is 2. The van der Waals surface area contributed by atoms with Gasteiger partial charge in [0.05, 0.1) is 0 Å². The molecular formula is C18H26N2O2S. The van der Waals surface area contributed by atoms with E-state index < -0.39 is 0 Å². The summed E-state index contributed by atoms with van der Waals surface area (Å²) in [5, 5.41) is 5.09. The molecule has 1 aliphatic carbocycles. The number of likely N-dealkylation sites (tertiary alicyclic amines) is 1. The van der Waals surface area contributed by atoms with Gasteiger partial charge in [0.25, 0.3) is 0 Å². The third-order valence-corrected chi connectivity index (χ3v) is 5.94. The number of amides is 2. The first-order valence-corrected chi connectivity index (χ1v) is 9.69. The van der Waals surface area contributed by atoms with E-state index in [4.69, 9.17) is 0 Å². The summed E-state index contributed by atoms with van der Waals surface area (Å²) in [7, 11) is 0. The van der Waals surface area contributed by atoms with Gasteiger partial charge in [0.15, 0.2) is 0 Å². The molecule has 1 aromatic heterocycles. The van der Waals surface area contributed by atoms with E-state index >= 15 is 0 Å². The minimum Gasteiger partial charge on any atom is -0.356 e. The van der Waals surface area contributed by atoms with Gasteiger partial charge in [-0.1, -0.05) is 18.9 Å². The summed E-state index contributed by atoms with van der Waals surface area (Å²) in [5.41, 5.74) is 0. The molecule has 126 valence electrons. The minimum atomic E-state index is 0.119. The molecule has 2 aliphatic rings. The van der Waals surface area contributed by atoms with Crippen LogP contribution >= 0.6 is 11.3 Å². The Bertz CT molecular complexity index is 523. The van der Waals surface area contributed by atoms with Crippen LogP contribution in [0.3, 0.4) is 0 Å². The van der Waals surface area contributed by atoms with Gasteiger partial charge in [-0.3, -0.25) is 9.59 Å². The van der Waals surface area contributed by atoms with Crippen molar-refractivity contribution in [1.82, 2.24) is 10.2 Å². The van der Waals surface area contributed by atoms with Gasteiger partial charge in [-0.25, -0.2) is 0 Å². The maximum atomic E-state index is 12.1. The van der Waals surface area contributed by atoms with Crippen molar-refractivity contribution < 1.29 is 9.59 Å². The molecular weight excluding hydrogens is 308 g/mol. The lowest BCUT2D eigenvalue weighted by Crippen LogP contribution is -2.36. The summed E-state index contributed by atoms with van der Waals surface area (Å²) in [4.78, 5) is 27.5. The Morgan fingerprint density at radius 3 is 2.91 bits per heavy atom. The smallest absolute Gasteiger partial charge is 0.223 e. The van der Waals surface area contributed by atoms with E-state index in [9.17, 15) is 9.59 Å². The lowest BCUT2D eigenvalue weighted by Gasteiger charge is -2.24. The van der Waals surface area contributed by atoms with Crippen molar-refractivity contribution in [2.45, 2.75) is 57.4 Å². The molecule has 4 nitrogen and oxygen atoms in total.